The zero-order valence-corrected chi connectivity index (χ0v) is 17.4. The van der Waals surface area contributed by atoms with Crippen LogP contribution in [-0.4, -0.2) is 30.6 Å². The van der Waals surface area contributed by atoms with Gasteiger partial charge in [0.05, 0.1) is 18.4 Å². The van der Waals surface area contributed by atoms with Crippen LogP contribution in [0.3, 0.4) is 0 Å². The van der Waals surface area contributed by atoms with Crippen LogP contribution in [0.15, 0.2) is 66.0 Å². The Balaban J connectivity index is 1.37. The fourth-order valence-electron chi connectivity index (χ4n) is 3.02. The maximum atomic E-state index is 12.4. The van der Waals surface area contributed by atoms with Crippen LogP contribution < -0.4 is 15.8 Å². The van der Waals surface area contributed by atoms with Gasteiger partial charge in [0.1, 0.15) is 5.75 Å². The van der Waals surface area contributed by atoms with Gasteiger partial charge >= 0.3 is 5.97 Å². The number of aromatic nitrogens is 1. The lowest BCUT2D eigenvalue weighted by Gasteiger charge is -2.08. The minimum Gasteiger partial charge on any atom is -0.497 e. The van der Waals surface area contributed by atoms with Crippen molar-refractivity contribution in [2.45, 2.75) is 0 Å². The molecule has 0 saturated carbocycles. The van der Waals surface area contributed by atoms with Gasteiger partial charge < -0.3 is 15.2 Å². The second-order valence-electron chi connectivity index (χ2n) is 6.68. The molecule has 4 rings (SSSR count). The van der Waals surface area contributed by atoms with Crippen LogP contribution >= 0.6 is 11.3 Å². The third kappa shape index (κ3) is 4.65. The van der Waals surface area contributed by atoms with Crippen LogP contribution in [-0.2, 0) is 9.53 Å². The Labute approximate surface area is 182 Å². The predicted octanol–water partition coefficient (Wildman–Crippen LogP) is 4.35. The molecule has 0 aliphatic heterocycles. The number of nitrogens with zero attached hydrogens (tertiary/aromatic N) is 1. The Morgan fingerprint density at radius 3 is 2.48 bits per heavy atom. The zero-order valence-electron chi connectivity index (χ0n) is 16.6. The van der Waals surface area contributed by atoms with Crippen molar-refractivity contribution in [1.29, 1.82) is 0 Å². The second-order valence-corrected chi connectivity index (χ2v) is 7.54. The molecule has 0 fully saturated rings. The molecule has 0 atom stereocenters. The quantitative estimate of drug-likeness (QED) is 0.346. The summed E-state index contributed by atoms with van der Waals surface area (Å²) < 4.78 is 10.3. The molecule has 0 spiro atoms. The van der Waals surface area contributed by atoms with E-state index >= 15 is 0 Å². The number of rotatable bonds is 6. The number of carbonyl (C=O) groups excluding carboxylic acids is 2. The minimum absolute atomic E-state index is 0.225. The number of amides is 1. The monoisotopic (exact) mass is 433 g/mol. The number of nitrogens with one attached hydrogen (secondary N) is 1. The number of hydrogen-bond acceptors (Lipinski definition) is 7. The van der Waals surface area contributed by atoms with Gasteiger partial charge in [-0.05, 0) is 47.2 Å². The number of nitrogens with two attached hydrogens (primary N) is 1. The molecule has 0 unspecified atom stereocenters. The molecular weight excluding hydrogens is 414 g/mol. The highest BCUT2D eigenvalue weighted by molar-refractivity contribution is 7.14. The molecule has 0 radical (unpaired) electrons. The first-order chi connectivity index (χ1) is 15.0. The molecule has 1 aromatic heterocycles. The Morgan fingerprint density at radius 1 is 1.06 bits per heavy atom. The topological polar surface area (TPSA) is 104 Å². The summed E-state index contributed by atoms with van der Waals surface area (Å²) in [6.07, 6.45) is 0. The summed E-state index contributed by atoms with van der Waals surface area (Å²) in [5, 5.41) is 6.67. The number of esters is 1. The van der Waals surface area contributed by atoms with Crippen LogP contribution in [0.1, 0.15) is 10.4 Å². The van der Waals surface area contributed by atoms with Crippen molar-refractivity contribution >= 4 is 44.8 Å². The lowest BCUT2D eigenvalue weighted by molar-refractivity contribution is -0.119. The number of ether oxygens (including phenoxy) is 2. The van der Waals surface area contributed by atoms with E-state index < -0.39 is 18.5 Å². The summed E-state index contributed by atoms with van der Waals surface area (Å²) in [4.78, 5) is 29.0. The fourth-order valence-corrected chi connectivity index (χ4v) is 3.76. The van der Waals surface area contributed by atoms with Gasteiger partial charge in [-0.3, -0.25) is 10.1 Å². The molecule has 0 saturated heterocycles. The lowest BCUT2D eigenvalue weighted by Crippen LogP contribution is -2.21. The number of anilines is 2. The second kappa shape index (κ2) is 8.85. The average molecular weight is 433 g/mol. The molecule has 0 bridgehead atoms. The number of thiazole rings is 1. The molecule has 1 amide bonds. The predicted molar refractivity (Wildman–Crippen MR) is 121 cm³/mol. The summed E-state index contributed by atoms with van der Waals surface area (Å²) in [5.74, 6) is -0.388. The standard InChI is InChI=1S/C23H19N3O4S/c1-29-17-8-6-14(7-9-17)20-13-31-23(25-20)26-21(27)12-30-22(28)18-10-15-4-2-3-5-16(15)11-19(18)24/h2-11,13H,12,24H2,1H3,(H,25,26,27). The number of nitrogen functional groups attached to an aromatic ring is 1. The Hall–Kier alpha value is -3.91. The van der Waals surface area contributed by atoms with E-state index in [0.29, 0.717) is 10.8 Å². The van der Waals surface area contributed by atoms with Gasteiger partial charge in [0.25, 0.3) is 5.91 Å². The van der Waals surface area contributed by atoms with E-state index in [4.69, 9.17) is 15.2 Å². The van der Waals surface area contributed by atoms with Gasteiger partial charge in [-0.1, -0.05) is 24.3 Å². The maximum absolute atomic E-state index is 12.4. The average Bonchev–Trinajstić information content (AvgIpc) is 3.25. The van der Waals surface area contributed by atoms with Gasteiger partial charge in [-0.25, -0.2) is 9.78 Å². The summed E-state index contributed by atoms with van der Waals surface area (Å²) in [6.45, 7) is -0.442. The molecule has 7 nitrogen and oxygen atoms in total. The highest BCUT2D eigenvalue weighted by Crippen LogP contribution is 2.26. The van der Waals surface area contributed by atoms with Gasteiger partial charge in [0.15, 0.2) is 11.7 Å². The normalized spacial score (nSPS) is 10.6. The third-order valence-electron chi connectivity index (χ3n) is 4.61. The van der Waals surface area contributed by atoms with Crippen molar-refractivity contribution < 1.29 is 19.1 Å². The molecule has 4 aromatic rings. The Morgan fingerprint density at radius 2 is 1.77 bits per heavy atom. The van der Waals surface area contributed by atoms with Crippen LogP contribution in [0, 0.1) is 0 Å². The first-order valence-electron chi connectivity index (χ1n) is 9.38. The zero-order chi connectivity index (χ0) is 21.8. The lowest BCUT2D eigenvalue weighted by atomic mass is 10.1. The number of methoxy groups -OCH3 is 1. The van der Waals surface area contributed by atoms with Crippen LogP contribution in [0.5, 0.6) is 5.75 Å². The van der Waals surface area contributed by atoms with E-state index in [2.05, 4.69) is 10.3 Å². The number of benzene rings is 3. The molecular formula is C23H19N3O4S. The molecule has 1 heterocycles. The van der Waals surface area contributed by atoms with Gasteiger partial charge in [-0.2, -0.15) is 0 Å². The first-order valence-corrected chi connectivity index (χ1v) is 10.3. The van der Waals surface area contributed by atoms with Crippen LogP contribution in [0.4, 0.5) is 10.8 Å². The highest BCUT2D eigenvalue weighted by atomic mass is 32.1. The highest BCUT2D eigenvalue weighted by Gasteiger charge is 2.15. The van der Waals surface area contributed by atoms with E-state index in [-0.39, 0.29) is 5.56 Å². The van der Waals surface area contributed by atoms with Crippen molar-refractivity contribution in [2.24, 2.45) is 0 Å². The SMILES string of the molecule is COc1ccc(-c2csc(NC(=O)COC(=O)c3cc4ccccc4cc3N)n2)cc1. The van der Waals surface area contributed by atoms with Crippen molar-refractivity contribution in [3.05, 3.63) is 71.6 Å². The van der Waals surface area contributed by atoms with E-state index in [1.165, 1.54) is 11.3 Å². The molecule has 0 aliphatic rings. The van der Waals surface area contributed by atoms with Crippen LogP contribution in [0.25, 0.3) is 22.0 Å². The fraction of sp³-hybridized carbons (Fsp3) is 0.0870. The van der Waals surface area contributed by atoms with E-state index in [0.717, 1.165) is 27.8 Å². The molecule has 8 heteroatoms. The summed E-state index contributed by atoms with van der Waals surface area (Å²) in [5.41, 5.74) is 8.12. The Bertz CT molecular complexity index is 1250. The smallest absolute Gasteiger partial charge is 0.340 e. The molecule has 31 heavy (non-hydrogen) atoms. The number of carbonyl (C=O) groups is 2. The summed E-state index contributed by atoms with van der Waals surface area (Å²) in [6, 6.07) is 18.4. The molecule has 3 N–H and O–H groups in total. The minimum atomic E-state index is -0.656. The number of hydrogen-bond donors (Lipinski definition) is 2. The van der Waals surface area contributed by atoms with Crippen molar-refractivity contribution in [3.8, 4) is 17.0 Å². The molecule has 3 aromatic carbocycles. The van der Waals surface area contributed by atoms with Crippen molar-refractivity contribution in [3.63, 3.8) is 0 Å². The van der Waals surface area contributed by atoms with E-state index in [1.54, 1.807) is 19.2 Å². The third-order valence-corrected chi connectivity index (χ3v) is 5.37. The molecule has 156 valence electrons. The van der Waals surface area contributed by atoms with E-state index in [1.807, 2.05) is 53.9 Å². The largest absolute Gasteiger partial charge is 0.497 e. The Kier molecular flexibility index (Phi) is 5.81. The molecule has 0 aliphatic carbocycles. The van der Waals surface area contributed by atoms with E-state index in [9.17, 15) is 9.59 Å². The van der Waals surface area contributed by atoms with Gasteiger partial charge in [-0.15, -0.1) is 11.3 Å². The van der Waals surface area contributed by atoms with Crippen molar-refractivity contribution in [2.75, 3.05) is 24.8 Å². The van der Waals surface area contributed by atoms with Gasteiger partial charge in [0.2, 0.25) is 0 Å². The maximum Gasteiger partial charge on any atom is 0.340 e. The number of fused-ring (bicyclic) bond motifs is 1. The van der Waals surface area contributed by atoms with Gasteiger partial charge in [0, 0.05) is 16.6 Å². The first kappa shape index (κ1) is 20.4. The summed E-state index contributed by atoms with van der Waals surface area (Å²) in [7, 11) is 1.60. The van der Waals surface area contributed by atoms with Crippen LogP contribution in [0.2, 0.25) is 0 Å². The summed E-state index contributed by atoms with van der Waals surface area (Å²) >= 11 is 1.28. The van der Waals surface area contributed by atoms with Crippen molar-refractivity contribution in [1.82, 2.24) is 4.98 Å².